The molecule has 122 valence electrons. The first-order valence-electron chi connectivity index (χ1n) is 7.95. The highest BCUT2D eigenvalue weighted by atomic mass is 16.3. The van der Waals surface area contributed by atoms with Crippen molar-refractivity contribution in [3.05, 3.63) is 80.4 Å². The molecule has 1 aromatic carbocycles. The number of fused-ring (bicyclic) bond motifs is 3. The van der Waals surface area contributed by atoms with Gasteiger partial charge in [-0.05, 0) is 24.1 Å². The maximum Gasteiger partial charge on any atom is 0.329 e. The van der Waals surface area contributed by atoms with Gasteiger partial charge in [0.2, 0.25) is 0 Å². The highest BCUT2D eigenvalue weighted by Crippen LogP contribution is 2.39. The summed E-state index contributed by atoms with van der Waals surface area (Å²) >= 11 is 0. The lowest BCUT2D eigenvalue weighted by atomic mass is 9.72. The molecule has 0 atom stereocenters. The topological polar surface area (TPSA) is 68.0 Å². The minimum atomic E-state index is -0.414. The molecule has 1 aliphatic carbocycles. The lowest BCUT2D eigenvalue weighted by molar-refractivity contribution is 0.466. The average molecular weight is 322 g/mol. The van der Waals surface area contributed by atoms with Crippen molar-refractivity contribution in [2.45, 2.75) is 32.2 Å². The van der Waals surface area contributed by atoms with Crippen molar-refractivity contribution in [1.82, 2.24) is 9.55 Å². The van der Waals surface area contributed by atoms with Crippen LogP contribution >= 0.6 is 0 Å². The van der Waals surface area contributed by atoms with Crippen LogP contribution in [0.1, 0.15) is 30.7 Å². The van der Waals surface area contributed by atoms with Crippen LogP contribution in [-0.4, -0.2) is 9.55 Å². The second-order valence-corrected chi connectivity index (χ2v) is 6.87. The van der Waals surface area contributed by atoms with E-state index in [1.54, 1.807) is 12.1 Å². The zero-order chi connectivity index (χ0) is 16.9. The molecule has 0 fully saturated rings. The highest BCUT2D eigenvalue weighted by molar-refractivity contribution is 5.71. The van der Waals surface area contributed by atoms with E-state index in [4.69, 9.17) is 4.42 Å². The standard InChI is InChI=1S/C19H18N2O3/c1-19(2)10-12-6-3-4-8-14(12)16-15(19)17(22)21(18(23)20-16)11-13-7-5-9-24-13/h3-9H,10-11H2,1-2H3,(H,20,23). The van der Waals surface area contributed by atoms with Crippen LogP contribution < -0.4 is 11.2 Å². The number of H-pyrrole nitrogens is 1. The smallest absolute Gasteiger partial charge is 0.329 e. The fourth-order valence-electron chi connectivity index (χ4n) is 3.59. The fraction of sp³-hybridized carbons (Fsp3) is 0.263. The quantitative estimate of drug-likeness (QED) is 0.789. The number of aromatic amines is 1. The predicted octanol–water partition coefficient (Wildman–Crippen LogP) is 2.68. The Bertz CT molecular complexity index is 1020. The molecule has 1 aliphatic rings. The molecule has 0 bridgehead atoms. The monoisotopic (exact) mass is 322 g/mol. The molecule has 24 heavy (non-hydrogen) atoms. The molecule has 0 amide bonds. The Morgan fingerprint density at radius 2 is 1.96 bits per heavy atom. The van der Waals surface area contributed by atoms with Gasteiger partial charge in [0.25, 0.3) is 5.56 Å². The van der Waals surface area contributed by atoms with E-state index >= 15 is 0 Å². The minimum Gasteiger partial charge on any atom is -0.467 e. The molecule has 0 unspecified atom stereocenters. The third kappa shape index (κ3) is 2.16. The Balaban J connectivity index is 1.99. The van der Waals surface area contributed by atoms with Crippen LogP contribution in [0.2, 0.25) is 0 Å². The van der Waals surface area contributed by atoms with E-state index in [0.29, 0.717) is 17.0 Å². The first kappa shape index (κ1) is 14.8. The number of rotatable bonds is 2. The summed E-state index contributed by atoms with van der Waals surface area (Å²) in [5.74, 6) is 0.580. The van der Waals surface area contributed by atoms with Crippen molar-refractivity contribution in [1.29, 1.82) is 0 Å². The summed E-state index contributed by atoms with van der Waals surface area (Å²) in [5, 5.41) is 0. The van der Waals surface area contributed by atoms with Gasteiger partial charge in [0.1, 0.15) is 5.76 Å². The summed E-state index contributed by atoms with van der Waals surface area (Å²) in [6, 6.07) is 11.4. The van der Waals surface area contributed by atoms with Crippen LogP contribution in [0.3, 0.4) is 0 Å². The molecule has 4 rings (SSSR count). The van der Waals surface area contributed by atoms with Gasteiger partial charge in [-0.2, -0.15) is 0 Å². The number of nitrogens with zero attached hydrogens (tertiary/aromatic N) is 1. The molecule has 0 saturated heterocycles. The molecule has 0 spiro atoms. The summed E-state index contributed by atoms with van der Waals surface area (Å²) in [6.45, 7) is 4.21. The van der Waals surface area contributed by atoms with Crippen molar-refractivity contribution < 1.29 is 4.42 Å². The van der Waals surface area contributed by atoms with Crippen LogP contribution in [-0.2, 0) is 18.4 Å². The van der Waals surface area contributed by atoms with Crippen molar-refractivity contribution in [2.75, 3.05) is 0 Å². The highest BCUT2D eigenvalue weighted by Gasteiger charge is 2.35. The molecule has 3 aromatic rings. The largest absolute Gasteiger partial charge is 0.467 e. The van der Waals surface area contributed by atoms with Crippen molar-refractivity contribution >= 4 is 0 Å². The molecule has 2 heterocycles. The second kappa shape index (κ2) is 5.09. The number of nitrogens with one attached hydrogen (secondary N) is 1. The van der Waals surface area contributed by atoms with Gasteiger partial charge in [-0.15, -0.1) is 0 Å². The third-order valence-corrected chi connectivity index (χ3v) is 4.68. The summed E-state index contributed by atoms with van der Waals surface area (Å²) in [7, 11) is 0. The van der Waals surface area contributed by atoms with Gasteiger partial charge < -0.3 is 9.40 Å². The average Bonchev–Trinajstić information content (AvgIpc) is 3.03. The number of hydrogen-bond acceptors (Lipinski definition) is 3. The summed E-state index contributed by atoms with van der Waals surface area (Å²) < 4.78 is 6.50. The SMILES string of the molecule is CC1(C)Cc2ccccc2-c2[nH]c(=O)n(Cc3ccco3)c(=O)c21. The Morgan fingerprint density at radius 3 is 2.71 bits per heavy atom. The summed E-state index contributed by atoms with van der Waals surface area (Å²) in [4.78, 5) is 28.5. The lowest BCUT2D eigenvalue weighted by Gasteiger charge is -2.33. The van der Waals surface area contributed by atoms with Gasteiger partial charge in [0.15, 0.2) is 0 Å². The van der Waals surface area contributed by atoms with E-state index < -0.39 is 5.69 Å². The van der Waals surface area contributed by atoms with Gasteiger partial charge in [-0.1, -0.05) is 38.1 Å². The van der Waals surface area contributed by atoms with E-state index in [-0.39, 0.29) is 17.5 Å². The van der Waals surface area contributed by atoms with E-state index in [0.717, 1.165) is 17.5 Å². The van der Waals surface area contributed by atoms with Gasteiger partial charge >= 0.3 is 5.69 Å². The normalized spacial score (nSPS) is 14.9. The minimum absolute atomic E-state index is 0.131. The van der Waals surface area contributed by atoms with E-state index in [1.807, 2.05) is 38.1 Å². The van der Waals surface area contributed by atoms with E-state index in [2.05, 4.69) is 4.98 Å². The fourth-order valence-corrected chi connectivity index (χ4v) is 3.59. The third-order valence-electron chi connectivity index (χ3n) is 4.68. The zero-order valence-electron chi connectivity index (χ0n) is 13.6. The number of benzene rings is 1. The van der Waals surface area contributed by atoms with Crippen LogP contribution in [0.25, 0.3) is 11.3 Å². The molecule has 5 heteroatoms. The Hall–Kier alpha value is -2.82. The Morgan fingerprint density at radius 1 is 1.17 bits per heavy atom. The maximum atomic E-state index is 13.1. The number of hydrogen-bond donors (Lipinski definition) is 1. The van der Waals surface area contributed by atoms with Crippen LogP contribution in [0.15, 0.2) is 56.7 Å². The molecule has 0 aliphatic heterocycles. The van der Waals surface area contributed by atoms with Crippen molar-refractivity contribution in [3.8, 4) is 11.3 Å². The van der Waals surface area contributed by atoms with Gasteiger partial charge in [-0.3, -0.25) is 9.36 Å². The van der Waals surface area contributed by atoms with E-state index in [9.17, 15) is 9.59 Å². The Kier molecular flexibility index (Phi) is 3.13. The molecule has 0 radical (unpaired) electrons. The molecular weight excluding hydrogens is 304 g/mol. The van der Waals surface area contributed by atoms with Crippen LogP contribution in [0.4, 0.5) is 0 Å². The first-order chi connectivity index (χ1) is 11.5. The number of aromatic nitrogens is 2. The maximum absolute atomic E-state index is 13.1. The summed E-state index contributed by atoms with van der Waals surface area (Å²) in [5.41, 5.74) is 2.38. The molecule has 1 N–H and O–H groups in total. The summed E-state index contributed by atoms with van der Waals surface area (Å²) in [6.07, 6.45) is 2.30. The second-order valence-electron chi connectivity index (χ2n) is 6.87. The number of furan rings is 1. The molecular formula is C19H18N2O3. The molecule has 5 nitrogen and oxygen atoms in total. The molecule has 2 aromatic heterocycles. The van der Waals surface area contributed by atoms with Crippen LogP contribution in [0, 0.1) is 0 Å². The van der Waals surface area contributed by atoms with Gasteiger partial charge in [-0.25, -0.2) is 4.79 Å². The van der Waals surface area contributed by atoms with Gasteiger partial charge in [0.05, 0.1) is 18.5 Å². The predicted molar refractivity (Wildman–Crippen MR) is 91.3 cm³/mol. The lowest BCUT2D eigenvalue weighted by Crippen LogP contribution is -2.44. The Labute approximate surface area is 138 Å². The first-order valence-corrected chi connectivity index (χ1v) is 7.95. The van der Waals surface area contributed by atoms with Crippen molar-refractivity contribution in [2.24, 2.45) is 0 Å². The van der Waals surface area contributed by atoms with Crippen molar-refractivity contribution in [3.63, 3.8) is 0 Å². The molecule has 0 saturated carbocycles. The van der Waals surface area contributed by atoms with Gasteiger partial charge in [0, 0.05) is 16.5 Å². The van der Waals surface area contributed by atoms with E-state index in [1.165, 1.54) is 10.8 Å². The van der Waals surface area contributed by atoms with Crippen LogP contribution in [0.5, 0.6) is 0 Å². The zero-order valence-corrected chi connectivity index (χ0v) is 13.6.